The molecule has 12 nitrogen and oxygen atoms in total. The van der Waals surface area contributed by atoms with Gasteiger partial charge in [0.2, 0.25) is 11.8 Å². The fourth-order valence-corrected chi connectivity index (χ4v) is 4.26. The van der Waals surface area contributed by atoms with Crippen molar-refractivity contribution < 1.29 is 28.2 Å². The number of hydrogen-bond acceptors (Lipinski definition) is 7. The zero-order valence-electron chi connectivity index (χ0n) is 24.5. The van der Waals surface area contributed by atoms with Crippen LogP contribution in [0, 0.1) is 5.82 Å². The summed E-state index contributed by atoms with van der Waals surface area (Å²) in [5.41, 5.74) is 1.71. The number of fused-ring (bicyclic) bond motifs is 1. The summed E-state index contributed by atoms with van der Waals surface area (Å²) in [4.78, 5) is 58.6. The highest BCUT2D eigenvalue weighted by molar-refractivity contribution is 5.96. The number of nitrogens with zero attached hydrogens (tertiary/aromatic N) is 3. The van der Waals surface area contributed by atoms with Crippen LogP contribution in [0.2, 0.25) is 0 Å². The number of hydrogen-bond donors (Lipinski definition) is 3. The van der Waals surface area contributed by atoms with Gasteiger partial charge in [0.05, 0.1) is 25.4 Å². The van der Waals surface area contributed by atoms with Crippen LogP contribution in [0.4, 0.5) is 14.9 Å². The third-order valence-electron chi connectivity index (χ3n) is 6.58. The third-order valence-corrected chi connectivity index (χ3v) is 6.58. The molecule has 13 heteroatoms. The van der Waals surface area contributed by atoms with E-state index in [0.717, 1.165) is 11.8 Å². The molecular formula is C31H33FN6O6. The molecule has 0 saturated carbocycles. The number of benzene rings is 1. The van der Waals surface area contributed by atoms with Gasteiger partial charge in [-0.25, -0.2) is 9.18 Å². The Labute approximate surface area is 252 Å². The van der Waals surface area contributed by atoms with Crippen LogP contribution in [0.1, 0.15) is 24.1 Å². The lowest BCUT2D eigenvalue weighted by molar-refractivity contribution is -0.123. The molecule has 3 heterocycles. The van der Waals surface area contributed by atoms with Gasteiger partial charge in [0.25, 0.3) is 5.56 Å². The summed E-state index contributed by atoms with van der Waals surface area (Å²) >= 11 is 0. The minimum atomic E-state index is -1.04. The van der Waals surface area contributed by atoms with Gasteiger partial charge in [-0.05, 0) is 42.7 Å². The summed E-state index contributed by atoms with van der Waals surface area (Å²) in [5.74, 6) is -1.46. The van der Waals surface area contributed by atoms with Crippen molar-refractivity contribution >= 4 is 34.6 Å². The molecule has 44 heavy (non-hydrogen) atoms. The molecule has 0 saturated heterocycles. The predicted molar refractivity (Wildman–Crippen MR) is 162 cm³/mol. The number of alkyl carbamates (subject to hydrolysis) is 1. The number of halogens is 1. The van der Waals surface area contributed by atoms with Crippen molar-refractivity contribution in [3.8, 4) is 5.75 Å². The van der Waals surface area contributed by atoms with E-state index in [1.807, 2.05) is 30.3 Å². The number of pyridine rings is 2. The van der Waals surface area contributed by atoms with Crippen LogP contribution < -0.4 is 20.9 Å². The van der Waals surface area contributed by atoms with E-state index in [1.54, 1.807) is 38.5 Å². The van der Waals surface area contributed by atoms with Gasteiger partial charge in [0, 0.05) is 26.0 Å². The first-order chi connectivity index (χ1) is 21.2. The average molecular weight is 605 g/mol. The van der Waals surface area contributed by atoms with E-state index in [0.29, 0.717) is 23.1 Å². The lowest BCUT2D eigenvalue weighted by Gasteiger charge is -2.17. The minimum absolute atomic E-state index is 0.0142. The van der Waals surface area contributed by atoms with Crippen LogP contribution in [0.15, 0.2) is 77.9 Å². The number of nitrogens with one attached hydrogen (secondary N) is 3. The Bertz CT molecular complexity index is 1720. The van der Waals surface area contributed by atoms with Gasteiger partial charge in [-0.2, -0.15) is 0 Å². The Morgan fingerprint density at radius 2 is 1.93 bits per heavy atom. The zero-order valence-corrected chi connectivity index (χ0v) is 24.5. The molecule has 230 valence electrons. The van der Waals surface area contributed by atoms with Crippen LogP contribution in [0.3, 0.4) is 0 Å². The molecule has 0 aliphatic rings. The predicted octanol–water partition coefficient (Wildman–Crippen LogP) is 3.58. The molecule has 1 unspecified atom stereocenters. The third kappa shape index (κ3) is 8.09. The van der Waals surface area contributed by atoms with Gasteiger partial charge in [-0.15, -0.1) is 0 Å². The normalized spacial score (nSPS) is 11.7. The number of allylic oxidation sites excluding steroid dienone is 1. The molecule has 0 spiro atoms. The first kappa shape index (κ1) is 31.5. The number of amides is 3. The number of carbonyl (C=O) groups is 3. The smallest absolute Gasteiger partial charge is 0.407 e. The van der Waals surface area contributed by atoms with E-state index in [2.05, 4.69) is 25.3 Å². The van der Waals surface area contributed by atoms with Crippen molar-refractivity contribution in [3.05, 3.63) is 101 Å². The molecule has 3 N–H and O–H groups in total. The summed E-state index contributed by atoms with van der Waals surface area (Å²) < 4.78 is 26.4. The first-order valence-corrected chi connectivity index (χ1v) is 13.7. The van der Waals surface area contributed by atoms with Gasteiger partial charge in [-0.3, -0.25) is 19.4 Å². The lowest BCUT2D eigenvalue weighted by atomic mass is 10.1. The molecule has 4 aromatic rings. The van der Waals surface area contributed by atoms with Gasteiger partial charge in [-0.1, -0.05) is 36.4 Å². The van der Waals surface area contributed by atoms with E-state index < -0.39 is 29.4 Å². The number of likely N-dealkylation sites (N-methyl/N-ethyl adjacent to an activating group) is 1. The highest BCUT2D eigenvalue weighted by Gasteiger charge is 2.22. The van der Waals surface area contributed by atoms with E-state index in [-0.39, 0.29) is 36.9 Å². The van der Waals surface area contributed by atoms with Crippen LogP contribution in [-0.2, 0) is 27.5 Å². The highest BCUT2D eigenvalue weighted by Crippen LogP contribution is 2.28. The summed E-state index contributed by atoms with van der Waals surface area (Å²) in [6.07, 6.45) is 5.21. The number of aromatic nitrogens is 3. The highest BCUT2D eigenvalue weighted by atomic mass is 19.1. The van der Waals surface area contributed by atoms with Gasteiger partial charge in [0.1, 0.15) is 23.9 Å². The molecule has 3 aromatic heterocycles. The monoisotopic (exact) mass is 604 g/mol. The van der Waals surface area contributed by atoms with Crippen LogP contribution in [-0.4, -0.2) is 64.6 Å². The van der Waals surface area contributed by atoms with E-state index >= 15 is 0 Å². The average Bonchev–Trinajstić information content (AvgIpc) is 3.42. The van der Waals surface area contributed by atoms with E-state index in [1.165, 1.54) is 28.7 Å². The fourth-order valence-electron chi connectivity index (χ4n) is 4.26. The van der Waals surface area contributed by atoms with Crippen LogP contribution in [0.25, 0.3) is 11.0 Å². The maximum Gasteiger partial charge on any atom is 0.407 e. The fraction of sp³-hybridized carbons (Fsp3) is 0.258. The molecular weight excluding hydrogens is 571 g/mol. The number of carbonyl (C=O) groups excluding carboxylic acids is 3. The van der Waals surface area contributed by atoms with Gasteiger partial charge in [0.15, 0.2) is 11.6 Å². The van der Waals surface area contributed by atoms with Crippen molar-refractivity contribution in [3.63, 3.8) is 0 Å². The molecule has 0 fully saturated rings. The molecule has 0 aliphatic carbocycles. The molecule has 1 atom stereocenters. The second kappa shape index (κ2) is 14.6. The topological polar surface area (TPSA) is 148 Å². The summed E-state index contributed by atoms with van der Waals surface area (Å²) in [6.45, 7) is 0.218. The minimum Gasteiger partial charge on any atom is -0.483 e. The summed E-state index contributed by atoms with van der Waals surface area (Å²) in [7, 11) is 4.40. The number of ether oxygens (including phenoxy) is 2. The van der Waals surface area contributed by atoms with Gasteiger partial charge < -0.3 is 34.6 Å². The maximum atomic E-state index is 14.7. The summed E-state index contributed by atoms with van der Waals surface area (Å²) in [6, 6.07) is 13.0. The number of anilines is 1. The molecule has 1 aromatic carbocycles. The Balaban J connectivity index is 1.49. The Morgan fingerprint density at radius 1 is 1.16 bits per heavy atom. The van der Waals surface area contributed by atoms with Crippen molar-refractivity contribution in [1.82, 2.24) is 24.8 Å². The Hall–Kier alpha value is -5.46. The van der Waals surface area contributed by atoms with E-state index in [9.17, 15) is 23.6 Å². The quantitative estimate of drug-likeness (QED) is 0.210. The number of rotatable bonds is 12. The Morgan fingerprint density at radius 3 is 2.66 bits per heavy atom. The molecule has 4 rings (SSSR count). The largest absolute Gasteiger partial charge is 0.483 e. The Kier molecular flexibility index (Phi) is 10.5. The second-order valence-electron chi connectivity index (χ2n) is 10.0. The maximum absolute atomic E-state index is 14.7. The van der Waals surface area contributed by atoms with Crippen LogP contribution >= 0.6 is 0 Å². The lowest BCUT2D eigenvalue weighted by Crippen LogP contribution is -2.44. The van der Waals surface area contributed by atoms with Crippen molar-refractivity contribution in [2.75, 3.05) is 26.5 Å². The molecule has 0 aliphatic heterocycles. The standard InChI is InChI=1S/C31H33FN6O6/c1-37(2)26(39)14-8-7-12-23(36-31(42)43-3)29(40)35-24-13-9-15-38(30(24)41)18-21-16-25-27(34-21)28(22(32)17-33-25)44-19-20-10-5-4-6-11-20/h4-6,8-11,13-17,23,34H,7,12,18-19H2,1-3H3,(H,35,40)(H,36,42)/b14-8+. The van der Waals surface area contributed by atoms with Gasteiger partial charge >= 0.3 is 6.09 Å². The SMILES string of the molecule is COC(=O)NC(CC/C=C/C(=O)N(C)C)C(=O)Nc1cccn(Cc2cc3ncc(F)c(OCc4ccccc4)c3[nH]2)c1=O. The molecule has 0 radical (unpaired) electrons. The van der Waals surface area contributed by atoms with E-state index in [4.69, 9.17) is 4.74 Å². The van der Waals surface area contributed by atoms with Crippen molar-refractivity contribution in [2.45, 2.75) is 32.0 Å². The number of aromatic amines is 1. The second-order valence-corrected chi connectivity index (χ2v) is 10.0. The number of H-pyrrole nitrogens is 1. The van der Waals surface area contributed by atoms with Crippen molar-refractivity contribution in [1.29, 1.82) is 0 Å². The first-order valence-electron chi connectivity index (χ1n) is 13.7. The summed E-state index contributed by atoms with van der Waals surface area (Å²) in [5, 5.41) is 5.03. The molecule has 0 bridgehead atoms. The number of methoxy groups -OCH3 is 1. The zero-order chi connectivity index (χ0) is 31.6. The van der Waals surface area contributed by atoms with Crippen LogP contribution in [0.5, 0.6) is 5.75 Å². The molecule has 3 amide bonds. The van der Waals surface area contributed by atoms with Crippen molar-refractivity contribution in [2.24, 2.45) is 0 Å².